The highest BCUT2D eigenvalue weighted by molar-refractivity contribution is 5.76. The van der Waals surface area contributed by atoms with Gasteiger partial charge in [-0.1, -0.05) is 6.07 Å². The van der Waals surface area contributed by atoms with Crippen LogP contribution in [-0.2, 0) is 24.3 Å². The molecule has 0 radical (unpaired) electrons. The minimum Gasteiger partial charge on any atom is -0.341 e. The summed E-state index contributed by atoms with van der Waals surface area (Å²) in [7, 11) is 0. The van der Waals surface area contributed by atoms with Crippen molar-refractivity contribution in [3.05, 3.63) is 48.0 Å². The largest absolute Gasteiger partial charge is 0.341 e. The third kappa shape index (κ3) is 5.13. The Balaban J connectivity index is 1.46. The maximum Gasteiger partial charge on any atom is 0.222 e. The molecule has 1 fully saturated rings. The van der Waals surface area contributed by atoms with Gasteiger partial charge in [-0.25, -0.2) is 0 Å². The number of aryl methyl sites for hydroxylation is 2. The molecule has 1 amide bonds. The van der Waals surface area contributed by atoms with Crippen LogP contribution >= 0.6 is 0 Å². The van der Waals surface area contributed by atoms with Crippen molar-refractivity contribution in [3.8, 4) is 0 Å². The van der Waals surface area contributed by atoms with Crippen LogP contribution in [0, 0.1) is 0 Å². The molecule has 2 aromatic rings. The number of hydrogen-bond donors (Lipinski definition) is 0. The van der Waals surface area contributed by atoms with Crippen LogP contribution in [-0.4, -0.2) is 56.7 Å². The van der Waals surface area contributed by atoms with Crippen LogP contribution < -0.4 is 0 Å². The summed E-state index contributed by atoms with van der Waals surface area (Å²) in [6, 6.07) is 3.95. The highest BCUT2D eigenvalue weighted by atomic mass is 16.2. The normalized spacial score (nSPS) is 16.0. The van der Waals surface area contributed by atoms with E-state index >= 15 is 0 Å². The molecule has 25 heavy (non-hydrogen) atoms. The molecular weight excluding hydrogens is 314 g/mol. The van der Waals surface area contributed by atoms with E-state index in [-0.39, 0.29) is 5.91 Å². The van der Waals surface area contributed by atoms with Crippen LogP contribution in [0.5, 0.6) is 0 Å². The Morgan fingerprint density at radius 3 is 2.84 bits per heavy atom. The average Bonchev–Trinajstić information content (AvgIpc) is 2.97. The number of carbonyl (C=O) groups is 1. The molecule has 134 valence electrons. The Labute approximate surface area is 149 Å². The third-order valence-corrected chi connectivity index (χ3v) is 4.71. The van der Waals surface area contributed by atoms with Crippen LogP contribution in [0.1, 0.15) is 30.9 Å². The monoisotopic (exact) mass is 341 g/mol. The van der Waals surface area contributed by atoms with E-state index < -0.39 is 0 Å². The minimum atomic E-state index is 0.254. The number of nitrogens with zero attached hydrogens (tertiary/aromatic N) is 5. The standard InChI is InChI=1S/C19H27N5O/c1-2-24-16-18(14-21-24)15-22-9-4-10-23(12-11-22)19(25)7-6-17-5-3-8-20-13-17/h3,5,8,13-14,16H,2,4,6-7,9-12,15H2,1H3. The van der Waals surface area contributed by atoms with Crippen molar-refractivity contribution in [1.29, 1.82) is 0 Å². The molecule has 6 nitrogen and oxygen atoms in total. The number of carbonyl (C=O) groups excluding carboxylic acids is 1. The topological polar surface area (TPSA) is 54.3 Å². The second-order valence-corrected chi connectivity index (χ2v) is 6.58. The van der Waals surface area contributed by atoms with Crippen molar-refractivity contribution in [2.24, 2.45) is 0 Å². The zero-order valence-electron chi connectivity index (χ0n) is 15.0. The Hall–Kier alpha value is -2.21. The van der Waals surface area contributed by atoms with E-state index in [0.717, 1.165) is 57.7 Å². The first-order chi connectivity index (χ1) is 12.2. The molecule has 0 N–H and O–H groups in total. The van der Waals surface area contributed by atoms with E-state index in [2.05, 4.69) is 28.1 Å². The van der Waals surface area contributed by atoms with Crippen LogP contribution in [0.15, 0.2) is 36.9 Å². The molecule has 1 saturated heterocycles. The molecule has 1 aliphatic heterocycles. The van der Waals surface area contributed by atoms with E-state index in [1.54, 1.807) is 6.20 Å². The zero-order valence-corrected chi connectivity index (χ0v) is 15.0. The Morgan fingerprint density at radius 2 is 2.08 bits per heavy atom. The first-order valence-corrected chi connectivity index (χ1v) is 9.15. The van der Waals surface area contributed by atoms with Crippen molar-refractivity contribution in [2.75, 3.05) is 26.2 Å². The molecule has 0 aromatic carbocycles. The second-order valence-electron chi connectivity index (χ2n) is 6.58. The van der Waals surface area contributed by atoms with E-state index in [1.165, 1.54) is 5.56 Å². The van der Waals surface area contributed by atoms with Crippen molar-refractivity contribution in [3.63, 3.8) is 0 Å². The third-order valence-electron chi connectivity index (χ3n) is 4.71. The van der Waals surface area contributed by atoms with Crippen molar-refractivity contribution < 1.29 is 4.79 Å². The van der Waals surface area contributed by atoms with Crippen LogP contribution in [0.25, 0.3) is 0 Å². The molecule has 3 heterocycles. The highest BCUT2D eigenvalue weighted by Gasteiger charge is 2.19. The number of pyridine rings is 1. The van der Waals surface area contributed by atoms with Crippen molar-refractivity contribution >= 4 is 5.91 Å². The van der Waals surface area contributed by atoms with E-state index in [4.69, 9.17) is 0 Å². The predicted octanol–water partition coefficient (Wildman–Crippen LogP) is 1.97. The Kier molecular flexibility index (Phi) is 6.17. The molecule has 0 aliphatic carbocycles. The summed E-state index contributed by atoms with van der Waals surface area (Å²) >= 11 is 0. The molecule has 3 rings (SSSR count). The van der Waals surface area contributed by atoms with Crippen LogP contribution in [0.4, 0.5) is 0 Å². The van der Waals surface area contributed by atoms with Gasteiger partial charge < -0.3 is 4.90 Å². The predicted molar refractivity (Wildman–Crippen MR) is 96.9 cm³/mol. The van der Waals surface area contributed by atoms with E-state index in [9.17, 15) is 4.79 Å². The molecule has 1 aliphatic rings. The van der Waals surface area contributed by atoms with Gasteiger partial charge in [0.05, 0.1) is 6.20 Å². The lowest BCUT2D eigenvalue weighted by Gasteiger charge is -2.21. The molecule has 0 unspecified atom stereocenters. The maximum atomic E-state index is 12.5. The number of rotatable bonds is 6. The number of aromatic nitrogens is 3. The van der Waals surface area contributed by atoms with Crippen LogP contribution in [0.2, 0.25) is 0 Å². The minimum absolute atomic E-state index is 0.254. The molecule has 2 aromatic heterocycles. The first kappa shape index (κ1) is 17.6. The second kappa shape index (κ2) is 8.76. The quantitative estimate of drug-likeness (QED) is 0.806. The molecule has 0 spiro atoms. The van der Waals surface area contributed by atoms with Gasteiger partial charge in [-0.15, -0.1) is 0 Å². The molecule has 0 atom stereocenters. The van der Waals surface area contributed by atoms with Gasteiger partial charge in [0.2, 0.25) is 5.91 Å². The molecule has 0 bridgehead atoms. The summed E-state index contributed by atoms with van der Waals surface area (Å²) in [5.74, 6) is 0.254. The van der Waals surface area contributed by atoms with Gasteiger partial charge in [0, 0.05) is 69.8 Å². The van der Waals surface area contributed by atoms with Gasteiger partial charge in [-0.3, -0.25) is 19.4 Å². The average molecular weight is 341 g/mol. The summed E-state index contributed by atoms with van der Waals surface area (Å²) in [4.78, 5) is 21.1. The lowest BCUT2D eigenvalue weighted by atomic mass is 10.1. The lowest BCUT2D eigenvalue weighted by Crippen LogP contribution is -2.35. The van der Waals surface area contributed by atoms with Gasteiger partial charge in [-0.05, 0) is 31.4 Å². The Morgan fingerprint density at radius 1 is 1.16 bits per heavy atom. The van der Waals surface area contributed by atoms with Crippen LogP contribution in [0.3, 0.4) is 0 Å². The zero-order chi connectivity index (χ0) is 17.5. The van der Waals surface area contributed by atoms with Gasteiger partial charge in [0.25, 0.3) is 0 Å². The van der Waals surface area contributed by atoms with Crippen molar-refractivity contribution in [2.45, 2.75) is 39.3 Å². The number of hydrogen-bond acceptors (Lipinski definition) is 4. The van der Waals surface area contributed by atoms with Gasteiger partial charge in [0.1, 0.15) is 0 Å². The highest BCUT2D eigenvalue weighted by Crippen LogP contribution is 2.11. The van der Waals surface area contributed by atoms with Gasteiger partial charge in [0.15, 0.2) is 0 Å². The summed E-state index contributed by atoms with van der Waals surface area (Å²) in [5, 5.41) is 4.34. The van der Waals surface area contributed by atoms with Gasteiger partial charge in [-0.2, -0.15) is 5.10 Å². The SMILES string of the molecule is CCn1cc(CN2CCCN(C(=O)CCc3cccnc3)CC2)cn1. The number of amides is 1. The summed E-state index contributed by atoms with van der Waals surface area (Å²) in [5.41, 5.74) is 2.37. The van der Waals surface area contributed by atoms with Gasteiger partial charge >= 0.3 is 0 Å². The summed E-state index contributed by atoms with van der Waals surface area (Å²) in [6.07, 6.45) is 10.0. The fraction of sp³-hybridized carbons (Fsp3) is 0.526. The van der Waals surface area contributed by atoms with E-state index in [0.29, 0.717) is 6.42 Å². The fourth-order valence-electron chi connectivity index (χ4n) is 3.25. The smallest absolute Gasteiger partial charge is 0.222 e. The molecule has 6 heteroatoms. The van der Waals surface area contributed by atoms with Crippen molar-refractivity contribution in [1.82, 2.24) is 24.6 Å². The summed E-state index contributed by atoms with van der Waals surface area (Å²) < 4.78 is 1.96. The fourth-order valence-corrected chi connectivity index (χ4v) is 3.25. The Bertz CT molecular complexity index is 669. The first-order valence-electron chi connectivity index (χ1n) is 9.15. The molecular formula is C19H27N5O. The summed E-state index contributed by atoms with van der Waals surface area (Å²) in [6.45, 7) is 7.54. The molecule has 0 saturated carbocycles. The lowest BCUT2D eigenvalue weighted by molar-refractivity contribution is -0.131. The van der Waals surface area contributed by atoms with E-state index in [1.807, 2.05) is 34.1 Å². The maximum absolute atomic E-state index is 12.5.